The molecule has 0 radical (unpaired) electrons. The van der Waals surface area contributed by atoms with Gasteiger partial charge in [0.25, 0.3) is 0 Å². The lowest BCUT2D eigenvalue weighted by molar-refractivity contribution is -0.132. The maximum Gasteiger partial charge on any atom is 0.239 e. The number of nitrogens with zero attached hydrogens (tertiary/aromatic N) is 3. The van der Waals surface area contributed by atoms with Crippen molar-refractivity contribution in [3.8, 4) is 0 Å². The van der Waals surface area contributed by atoms with E-state index in [-0.39, 0.29) is 30.3 Å². The molecule has 3 aromatic heterocycles. The van der Waals surface area contributed by atoms with Gasteiger partial charge in [-0.3, -0.25) is 24.4 Å². The van der Waals surface area contributed by atoms with Crippen LogP contribution in [-0.2, 0) is 29.0 Å². The molecule has 2 amide bonds. The molecule has 9 nitrogen and oxygen atoms in total. The van der Waals surface area contributed by atoms with Crippen LogP contribution < -0.4 is 10.6 Å². The summed E-state index contributed by atoms with van der Waals surface area (Å²) < 4.78 is 2.59. The van der Waals surface area contributed by atoms with E-state index >= 15 is 0 Å². The molecule has 1 aliphatic carbocycles. The standard InChI is InChI=1S/C36H45N5O4S2/c1-36(2,3)39-35(45)29-22-40(21-27-19-32-31(47-27)10-15-46-32)13-14-41(29)20-26(42)17-25(16-23-8-11-37-12-9-23)34(44)38-33-28-7-5-4-6-24(28)18-30(33)43/h4-12,15,19,25-26,29-30,33,42-43H,13-14,16-18,20-22H2,1-3H3,(H,38,44)(H,39,45)/t25-,26-,29-,30+,33-/m0/s1. The molecule has 0 saturated carbocycles. The number of aromatic nitrogens is 1. The average Bonchev–Trinajstić information content (AvgIpc) is 3.71. The summed E-state index contributed by atoms with van der Waals surface area (Å²) in [5.74, 6) is -0.797. The number of rotatable bonds is 11. The Balaban J connectivity index is 1.15. The van der Waals surface area contributed by atoms with Crippen LogP contribution in [0.25, 0.3) is 9.40 Å². The minimum atomic E-state index is -0.839. The van der Waals surface area contributed by atoms with E-state index in [1.807, 2.05) is 57.2 Å². The maximum atomic E-state index is 13.8. The zero-order chi connectivity index (χ0) is 33.1. The van der Waals surface area contributed by atoms with Crippen molar-refractivity contribution in [1.29, 1.82) is 0 Å². The lowest BCUT2D eigenvalue weighted by Crippen LogP contribution is -2.61. The first-order valence-electron chi connectivity index (χ1n) is 16.4. The summed E-state index contributed by atoms with van der Waals surface area (Å²) in [6, 6.07) is 15.0. The summed E-state index contributed by atoms with van der Waals surface area (Å²) in [4.78, 5) is 37.3. The summed E-state index contributed by atoms with van der Waals surface area (Å²) in [5, 5.41) is 30.7. The highest BCUT2D eigenvalue weighted by Crippen LogP contribution is 2.33. The Hall–Kier alpha value is -3.19. The molecule has 1 aromatic carbocycles. The van der Waals surface area contributed by atoms with Gasteiger partial charge in [-0.1, -0.05) is 24.3 Å². The highest BCUT2D eigenvalue weighted by atomic mass is 32.1. The Kier molecular flexibility index (Phi) is 10.4. The zero-order valence-electron chi connectivity index (χ0n) is 27.3. The average molecular weight is 676 g/mol. The number of carbonyl (C=O) groups is 2. The van der Waals surface area contributed by atoms with E-state index in [2.05, 4.69) is 42.9 Å². The van der Waals surface area contributed by atoms with Gasteiger partial charge in [0.05, 0.1) is 18.2 Å². The molecule has 1 saturated heterocycles. The topological polar surface area (TPSA) is 118 Å². The van der Waals surface area contributed by atoms with Gasteiger partial charge in [0.15, 0.2) is 0 Å². The summed E-state index contributed by atoms with van der Waals surface area (Å²) in [6.07, 6.45) is 3.01. The molecule has 250 valence electrons. The number of pyridine rings is 1. The molecular weight excluding hydrogens is 631 g/mol. The fourth-order valence-electron chi connectivity index (χ4n) is 6.83. The molecular formula is C36H45N5O4S2. The molecule has 11 heteroatoms. The molecule has 47 heavy (non-hydrogen) atoms. The van der Waals surface area contributed by atoms with Gasteiger partial charge >= 0.3 is 0 Å². The van der Waals surface area contributed by atoms with E-state index in [9.17, 15) is 19.8 Å². The third-order valence-electron chi connectivity index (χ3n) is 9.05. The second-order valence-corrected chi connectivity index (χ2v) is 16.1. The van der Waals surface area contributed by atoms with E-state index < -0.39 is 30.2 Å². The molecule has 4 N–H and O–H groups in total. The van der Waals surface area contributed by atoms with Gasteiger partial charge in [-0.05, 0) is 79.9 Å². The lowest BCUT2D eigenvalue weighted by atomic mass is 9.92. The number of aliphatic hydroxyl groups is 2. The first-order chi connectivity index (χ1) is 22.5. The second-order valence-electron chi connectivity index (χ2n) is 13.9. The van der Waals surface area contributed by atoms with Crippen LogP contribution in [0.4, 0.5) is 0 Å². The molecule has 2 aliphatic rings. The van der Waals surface area contributed by atoms with Crippen LogP contribution in [0.5, 0.6) is 0 Å². The van der Waals surface area contributed by atoms with Crippen LogP contribution in [-0.4, -0.2) is 86.8 Å². The number of β-amino-alcohol motifs (C(OH)–C–C–N with tert-alkyl or cyclic N) is 1. The molecule has 1 aliphatic heterocycles. The SMILES string of the molecule is CC(C)(C)NC(=O)[C@@H]1CN(Cc2cc3sccc3s2)CCN1C[C@@H](O)C[C@H](Cc1ccncc1)C(=O)N[C@H]1c2ccccc2C[C@H]1O. The number of hydrogen-bond donors (Lipinski definition) is 4. The molecule has 4 aromatic rings. The lowest BCUT2D eigenvalue weighted by Gasteiger charge is -2.42. The molecule has 6 rings (SSSR count). The van der Waals surface area contributed by atoms with E-state index in [0.717, 1.165) is 29.8 Å². The number of carbonyl (C=O) groups excluding carboxylic acids is 2. The maximum absolute atomic E-state index is 13.8. The van der Waals surface area contributed by atoms with Crippen molar-refractivity contribution in [2.24, 2.45) is 5.92 Å². The third-order valence-corrected chi connectivity index (χ3v) is 11.1. The second kappa shape index (κ2) is 14.5. The predicted molar refractivity (Wildman–Crippen MR) is 187 cm³/mol. The summed E-state index contributed by atoms with van der Waals surface area (Å²) >= 11 is 3.55. The van der Waals surface area contributed by atoms with Gasteiger partial charge in [0.2, 0.25) is 11.8 Å². The largest absolute Gasteiger partial charge is 0.392 e. The molecule has 0 unspecified atom stereocenters. The molecule has 5 atom stereocenters. The van der Waals surface area contributed by atoms with Gasteiger partial charge in [-0.2, -0.15) is 0 Å². The normalized spacial score (nSPS) is 21.8. The van der Waals surface area contributed by atoms with Crippen molar-refractivity contribution in [2.75, 3.05) is 26.2 Å². The third kappa shape index (κ3) is 8.46. The monoisotopic (exact) mass is 675 g/mol. The predicted octanol–water partition coefficient (Wildman–Crippen LogP) is 4.14. The first kappa shape index (κ1) is 33.7. The Morgan fingerprint density at radius 1 is 1.09 bits per heavy atom. The van der Waals surface area contributed by atoms with Crippen LogP contribution in [0.2, 0.25) is 0 Å². The number of benzene rings is 1. The Bertz CT molecular complexity index is 1640. The quantitative estimate of drug-likeness (QED) is 0.189. The van der Waals surface area contributed by atoms with Gasteiger partial charge in [0.1, 0.15) is 6.04 Å². The molecule has 4 heterocycles. The van der Waals surface area contributed by atoms with Crippen molar-refractivity contribution in [2.45, 2.75) is 76.4 Å². The van der Waals surface area contributed by atoms with Crippen LogP contribution in [0, 0.1) is 5.92 Å². The molecule has 0 bridgehead atoms. The van der Waals surface area contributed by atoms with Gasteiger partial charge < -0.3 is 20.8 Å². The summed E-state index contributed by atoms with van der Waals surface area (Å²) in [7, 11) is 0. The van der Waals surface area contributed by atoms with E-state index in [0.29, 0.717) is 25.9 Å². The van der Waals surface area contributed by atoms with Crippen LogP contribution in [0.1, 0.15) is 54.8 Å². The summed E-state index contributed by atoms with van der Waals surface area (Å²) in [6.45, 7) is 8.95. The number of hydrogen-bond acceptors (Lipinski definition) is 9. The van der Waals surface area contributed by atoms with E-state index in [1.54, 1.807) is 35.1 Å². The molecule has 1 fully saturated rings. The Labute approximate surface area is 284 Å². The zero-order valence-corrected chi connectivity index (χ0v) is 28.9. The van der Waals surface area contributed by atoms with E-state index in [4.69, 9.17) is 0 Å². The summed E-state index contributed by atoms with van der Waals surface area (Å²) in [5.41, 5.74) is 2.53. The van der Waals surface area contributed by atoms with Crippen molar-refractivity contribution in [3.05, 3.63) is 87.9 Å². The number of piperazine rings is 1. The number of nitrogens with one attached hydrogen (secondary N) is 2. The van der Waals surface area contributed by atoms with Crippen LogP contribution >= 0.6 is 22.7 Å². The van der Waals surface area contributed by atoms with Crippen LogP contribution in [0.15, 0.2) is 66.3 Å². The van der Waals surface area contributed by atoms with Gasteiger partial charge in [0, 0.05) is 77.3 Å². The highest BCUT2D eigenvalue weighted by molar-refractivity contribution is 7.26. The number of fused-ring (bicyclic) bond motifs is 2. The van der Waals surface area contributed by atoms with Crippen molar-refractivity contribution >= 4 is 43.9 Å². The van der Waals surface area contributed by atoms with Gasteiger partial charge in [-0.25, -0.2) is 0 Å². The Morgan fingerprint density at radius 2 is 1.87 bits per heavy atom. The number of thiophene rings is 2. The van der Waals surface area contributed by atoms with Crippen molar-refractivity contribution < 1.29 is 19.8 Å². The Morgan fingerprint density at radius 3 is 2.64 bits per heavy atom. The minimum absolute atomic E-state index is 0.0541. The van der Waals surface area contributed by atoms with Crippen LogP contribution in [0.3, 0.4) is 0 Å². The smallest absolute Gasteiger partial charge is 0.239 e. The molecule has 0 spiro atoms. The fraction of sp³-hybridized carbons (Fsp3) is 0.472. The van der Waals surface area contributed by atoms with Gasteiger partial charge in [-0.15, -0.1) is 22.7 Å². The number of aliphatic hydroxyl groups excluding tert-OH is 2. The minimum Gasteiger partial charge on any atom is -0.392 e. The van der Waals surface area contributed by atoms with Crippen molar-refractivity contribution in [3.63, 3.8) is 0 Å². The number of amides is 2. The van der Waals surface area contributed by atoms with Crippen molar-refractivity contribution in [1.82, 2.24) is 25.4 Å². The first-order valence-corrected chi connectivity index (χ1v) is 18.1. The fourth-order valence-corrected chi connectivity index (χ4v) is 9.01. The highest BCUT2D eigenvalue weighted by Gasteiger charge is 2.37. The van der Waals surface area contributed by atoms with E-state index in [1.165, 1.54) is 14.3 Å².